The van der Waals surface area contributed by atoms with Gasteiger partial charge in [-0.15, -0.1) is 0 Å². The van der Waals surface area contributed by atoms with Crippen LogP contribution in [-0.4, -0.2) is 24.5 Å². The molecule has 5 heteroatoms. The molecule has 3 N–H and O–H groups in total. The van der Waals surface area contributed by atoms with Crippen molar-refractivity contribution in [1.82, 2.24) is 0 Å². The molecule has 1 amide bonds. The molecule has 0 bridgehead atoms. The van der Waals surface area contributed by atoms with Gasteiger partial charge in [0.15, 0.2) is 0 Å². The van der Waals surface area contributed by atoms with Crippen LogP contribution in [-0.2, 0) is 9.53 Å². The molecule has 1 aromatic rings. The summed E-state index contributed by atoms with van der Waals surface area (Å²) in [5, 5.41) is 2.73. The zero-order chi connectivity index (χ0) is 14.0. The minimum absolute atomic E-state index is 0.243. The topological polar surface area (TPSA) is 81.4 Å². The summed E-state index contributed by atoms with van der Waals surface area (Å²) in [6, 6.07) is 5.21. The van der Waals surface area contributed by atoms with E-state index >= 15 is 0 Å². The molecule has 0 atom stereocenters. The Morgan fingerprint density at radius 2 is 2.05 bits per heavy atom. The molecule has 0 aromatic heterocycles. The van der Waals surface area contributed by atoms with Crippen LogP contribution < -0.4 is 11.1 Å². The third-order valence-electron chi connectivity index (χ3n) is 3.53. The van der Waals surface area contributed by atoms with Crippen molar-refractivity contribution >= 4 is 17.6 Å². The summed E-state index contributed by atoms with van der Waals surface area (Å²) < 4.78 is 4.72. The number of methoxy groups -OCH3 is 1. The van der Waals surface area contributed by atoms with Gasteiger partial charge in [0.2, 0.25) is 5.91 Å². The maximum absolute atomic E-state index is 12.1. The first-order valence-electron chi connectivity index (χ1n) is 6.25. The predicted molar refractivity (Wildman–Crippen MR) is 71.9 cm³/mol. The molecule has 102 valence electrons. The second-order valence-corrected chi connectivity index (χ2v) is 5.00. The third-order valence-corrected chi connectivity index (χ3v) is 3.53. The first-order chi connectivity index (χ1) is 8.96. The van der Waals surface area contributed by atoms with Crippen molar-refractivity contribution in [1.29, 1.82) is 0 Å². The fourth-order valence-electron chi connectivity index (χ4n) is 2.08. The lowest BCUT2D eigenvalue weighted by molar-refractivity contribution is -0.123. The molecule has 0 heterocycles. The first-order valence-corrected chi connectivity index (χ1v) is 6.25. The molecule has 1 aliphatic rings. The number of amides is 1. The second-order valence-electron chi connectivity index (χ2n) is 5.00. The second kappa shape index (κ2) is 5.01. The highest BCUT2D eigenvalue weighted by Crippen LogP contribution is 2.31. The molecule has 1 aliphatic carbocycles. The Morgan fingerprint density at radius 3 is 2.58 bits per heavy atom. The first kappa shape index (κ1) is 13.5. The zero-order valence-electron chi connectivity index (χ0n) is 11.2. The van der Waals surface area contributed by atoms with Crippen LogP contribution in [0.25, 0.3) is 0 Å². The Balaban J connectivity index is 2.24. The molecule has 1 saturated carbocycles. The standard InChI is InChI=1S/C14H18N2O3/c1-9-4-5-11(10(8-9)12(17)19-2)16-13(18)14(15)6-3-7-14/h4-5,8H,3,6-7,15H2,1-2H3,(H,16,18). The van der Waals surface area contributed by atoms with E-state index in [0.717, 1.165) is 12.0 Å². The normalized spacial score (nSPS) is 16.4. The number of rotatable bonds is 3. The van der Waals surface area contributed by atoms with Gasteiger partial charge in [-0.2, -0.15) is 0 Å². The summed E-state index contributed by atoms with van der Waals surface area (Å²) in [5.41, 5.74) is 6.87. The van der Waals surface area contributed by atoms with Crippen LogP contribution in [0.3, 0.4) is 0 Å². The van der Waals surface area contributed by atoms with Gasteiger partial charge < -0.3 is 15.8 Å². The van der Waals surface area contributed by atoms with E-state index < -0.39 is 11.5 Å². The number of ether oxygens (including phenoxy) is 1. The molecule has 1 fully saturated rings. The Morgan fingerprint density at radius 1 is 1.37 bits per heavy atom. The van der Waals surface area contributed by atoms with Gasteiger partial charge in [-0.05, 0) is 38.3 Å². The van der Waals surface area contributed by atoms with Crippen LogP contribution in [0.4, 0.5) is 5.69 Å². The predicted octanol–water partition coefficient (Wildman–Crippen LogP) is 1.60. The molecule has 1 aromatic carbocycles. The summed E-state index contributed by atoms with van der Waals surface area (Å²) in [6.07, 6.45) is 2.32. The molecular formula is C14H18N2O3. The highest BCUT2D eigenvalue weighted by molar-refractivity contribution is 6.04. The van der Waals surface area contributed by atoms with Crippen molar-refractivity contribution < 1.29 is 14.3 Å². The summed E-state index contributed by atoms with van der Waals surface area (Å²) in [5.74, 6) is -0.716. The highest BCUT2D eigenvalue weighted by Gasteiger charge is 2.40. The Bertz CT molecular complexity index is 521. The number of nitrogens with one attached hydrogen (secondary N) is 1. The highest BCUT2D eigenvalue weighted by atomic mass is 16.5. The molecule has 19 heavy (non-hydrogen) atoms. The van der Waals surface area contributed by atoms with Gasteiger partial charge in [-0.3, -0.25) is 4.79 Å². The van der Waals surface area contributed by atoms with Crippen LogP contribution in [0.2, 0.25) is 0 Å². The number of hydrogen-bond acceptors (Lipinski definition) is 4. The van der Waals surface area contributed by atoms with E-state index in [4.69, 9.17) is 10.5 Å². The monoisotopic (exact) mass is 262 g/mol. The number of hydrogen-bond donors (Lipinski definition) is 2. The van der Waals surface area contributed by atoms with E-state index in [-0.39, 0.29) is 5.91 Å². The molecule has 0 saturated heterocycles. The molecule has 0 spiro atoms. The van der Waals surface area contributed by atoms with E-state index in [2.05, 4.69) is 5.32 Å². The molecule has 5 nitrogen and oxygen atoms in total. The lowest BCUT2D eigenvalue weighted by Crippen LogP contribution is -2.56. The quantitative estimate of drug-likeness (QED) is 0.811. The number of benzene rings is 1. The van der Waals surface area contributed by atoms with Crippen molar-refractivity contribution in [3.63, 3.8) is 0 Å². The van der Waals surface area contributed by atoms with Gasteiger partial charge in [-0.25, -0.2) is 4.79 Å². The summed E-state index contributed by atoms with van der Waals surface area (Å²) in [7, 11) is 1.31. The van der Waals surface area contributed by atoms with E-state index in [1.54, 1.807) is 12.1 Å². The number of carbonyl (C=O) groups excluding carboxylic acids is 2. The van der Waals surface area contributed by atoms with Crippen molar-refractivity contribution in [3.8, 4) is 0 Å². The maximum atomic E-state index is 12.1. The number of anilines is 1. The van der Waals surface area contributed by atoms with Gasteiger partial charge in [0.1, 0.15) is 0 Å². The number of carbonyl (C=O) groups is 2. The number of nitrogens with two attached hydrogens (primary N) is 1. The fourth-order valence-corrected chi connectivity index (χ4v) is 2.08. The van der Waals surface area contributed by atoms with Crippen LogP contribution in [0.15, 0.2) is 18.2 Å². The summed E-state index contributed by atoms with van der Waals surface area (Å²) in [6.45, 7) is 1.87. The maximum Gasteiger partial charge on any atom is 0.339 e. The minimum Gasteiger partial charge on any atom is -0.465 e. The summed E-state index contributed by atoms with van der Waals surface area (Å²) >= 11 is 0. The number of esters is 1. The third kappa shape index (κ3) is 2.61. The van der Waals surface area contributed by atoms with Crippen LogP contribution >= 0.6 is 0 Å². The van der Waals surface area contributed by atoms with Crippen molar-refractivity contribution in [3.05, 3.63) is 29.3 Å². The largest absolute Gasteiger partial charge is 0.465 e. The van der Waals surface area contributed by atoms with Crippen LogP contribution in [0.5, 0.6) is 0 Å². The lowest BCUT2D eigenvalue weighted by atomic mass is 9.77. The zero-order valence-corrected chi connectivity index (χ0v) is 11.2. The smallest absolute Gasteiger partial charge is 0.339 e. The molecule has 2 rings (SSSR count). The number of aryl methyl sites for hydroxylation is 1. The van der Waals surface area contributed by atoms with Crippen LogP contribution in [0.1, 0.15) is 35.2 Å². The molecular weight excluding hydrogens is 244 g/mol. The van der Waals surface area contributed by atoms with Crippen molar-refractivity contribution in [2.45, 2.75) is 31.7 Å². The van der Waals surface area contributed by atoms with Crippen LogP contribution in [0, 0.1) is 6.92 Å². The Labute approximate surface area is 112 Å². The average Bonchev–Trinajstić information content (AvgIpc) is 2.36. The van der Waals surface area contributed by atoms with Crippen molar-refractivity contribution in [2.24, 2.45) is 5.73 Å². The SMILES string of the molecule is COC(=O)c1cc(C)ccc1NC(=O)C1(N)CCC1. The van der Waals surface area contributed by atoms with Gasteiger partial charge in [0, 0.05) is 0 Å². The average molecular weight is 262 g/mol. The van der Waals surface area contributed by atoms with Gasteiger partial charge in [-0.1, -0.05) is 11.6 Å². The minimum atomic E-state index is -0.793. The van der Waals surface area contributed by atoms with E-state index in [0.29, 0.717) is 24.1 Å². The molecule has 0 aliphatic heterocycles. The Kier molecular flexibility index (Phi) is 3.57. The van der Waals surface area contributed by atoms with E-state index in [1.807, 2.05) is 13.0 Å². The summed E-state index contributed by atoms with van der Waals surface area (Å²) in [4.78, 5) is 23.8. The molecule has 0 radical (unpaired) electrons. The lowest BCUT2D eigenvalue weighted by Gasteiger charge is -2.36. The van der Waals surface area contributed by atoms with Gasteiger partial charge >= 0.3 is 5.97 Å². The van der Waals surface area contributed by atoms with Gasteiger partial charge in [0.25, 0.3) is 0 Å². The van der Waals surface area contributed by atoms with Crippen molar-refractivity contribution in [2.75, 3.05) is 12.4 Å². The fraction of sp³-hybridized carbons (Fsp3) is 0.429. The Hall–Kier alpha value is -1.88. The van der Waals surface area contributed by atoms with Gasteiger partial charge in [0.05, 0.1) is 23.9 Å². The van der Waals surface area contributed by atoms with E-state index in [9.17, 15) is 9.59 Å². The van der Waals surface area contributed by atoms with E-state index in [1.165, 1.54) is 7.11 Å². The molecule has 0 unspecified atom stereocenters.